The standard InChI is InChI=1S/C12H11N2O4P/c15-9-10-16-19(17-11-5-1-3-7-13-11)18-12-6-2-4-8-14-12/h1-9H,10H2. The van der Waals surface area contributed by atoms with Crippen molar-refractivity contribution in [2.75, 3.05) is 6.61 Å². The van der Waals surface area contributed by atoms with E-state index in [-0.39, 0.29) is 6.61 Å². The van der Waals surface area contributed by atoms with E-state index >= 15 is 0 Å². The van der Waals surface area contributed by atoms with Crippen molar-refractivity contribution in [3.63, 3.8) is 0 Å². The summed E-state index contributed by atoms with van der Waals surface area (Å²) >= 11 is 0. The SMILES string of the molecule is O=CCOP(Oc1ccccn1)Oc1ccccn1. The van der Waals surface area contributed by atoms with Crippen LogP contribution in [0.3, 0.4) is 0 Å². The number of hydrogen-bond acceptors (Lipinski definition) is 6. The van der Waals surface area contributed by atoms with Crippen LogP contribution in [0.5, 0.6) is 11.8 Å². The van der Waals surface area contributed by atoms with Gasteiger partial charge in [0.2, 0.25) is 11.8 Å². The highest BCUT2D eigenvalue weighted by molar-refractivity contribution is 7.42. The fourth-order valence-electron chi connectivity index (χ4n) is 1.12. The van der Waals surface area contributed by atoms with Gasteiger partial charge >= 0.3 is 8.60 Å². The van der Waals surface area contributed by atoms with Gasteiger partial charge < -0.3 is 13.8 Å². The van der Waals surface area contributed by atoms with Crippen molar-refractivity contribution in [2.24, 2.45) is 0 Å². The largest absolute Gasteiger partial charge is 0.466 e. The third kappa shape index (κ3) is 4.62. The average Bonchev–Trinajstić information content (AvgIpc) is 2.47. The number of carbonyl (C=O) groups is 1. The summed E-state index contributed by atoms with van der Waals surface area (Å²) in [5, 5.41) is 0. The highest BCUT2D eigenvalue weighted by Crippen LogP contribution is 2.39. The van der Waals surface area contributed by atoms with Gasteiger partial charge in [-0.2, -0.15) is 0 Å². The highest BCUT2D eigenvalue weighted by atomic mass is 31.2. The predicted octanol–water partition coefficient (Wildman–Crippen LogP) is 2.38. The molecule has 0 saturated carbocycles. The third-order valence-electron chi connectivity index (χ3n) is 1.86. The fraction of sp³-hybridized carbons (Fsp3) is 0.0833. The number of nitrogens with zero attached hydrogens (tertiary/aromatic N) is 2. The molecule has 2 aromatic heterocycles. The Labute approximate surface area is 111 Å². The zero-order chi connectivity index (χ0) is 13.3. The number of carbonyl (C=O) groups excluding carboxylic acids is 1. The van der Waals surface area contributed by atoms with Crippen LogP contribution in [0.1, 0.15) is 0 Å². The van der Waals surface area contributed by atoms with Crippen molar-refractivity contribution >= 4 is 14.9 Å². The summed E-state index contributed by atoms with van der Waals surface area (Å²) in [4.78, 5) is 18.3. The Kier molecular flexibility index (Phi) is 5.22. The number of aldehydes is 1. The van der Waals surface area contributed by atoms with E-state index in [4.69, 9.17) is 13.6 Å². The molecule has 19 heavy (non-hydrogen) atoms. The number of pyridine rings is 2. The zero-order valence-electron chi connectivity index (χ0n) is 9.88. The van der Waals surface area contributed by atoms with Crippen LogP contribution in [0.2, 0.25) is 0 Å². The van der Waals surface area contributed by atoms with Crippen LogP contribution in [0.15, 0.2) is 48.8 Å². The number of aromatic nitrogens is 2. The normalized spacial score (nSPS) is 10.2. The first-order valence-corrected chi connectivity index (χ1v) is 6.53. The lowest BCUT2D eigenvalue weighted by molar-refractivity contribution is -0.109. The summed E-state index contributed by atoms with van der Waals surface area (Å²) in [6.07, 6.45) is 3.80. The first-order valence-electron chi connectivity index (χ1n) is 5.43. The first kappa shape index (κ1) is 13.4. The Morgan fingerprint density at radius 1 is 1.00 bits per heavy atom. The summed E-state index contributed by atoms with van der Waals surface area (Å²) in [7, 11) is -1.78. The number of hydrogen-bond donors (Lipinski definition) is 0. The Hall–Kier alpha value is -2.04. The maximum atomic E-state index is 10.4. The molecule has 2 rings (SSSR count). The third-order valence-corrected chi connectivity index (χ3v) is 2.89. The van der Waals surface area contributed by atoms with Gasteiger partial charge in [-0.3, -0.25) is 4.52 Å². The van der Waals surface area contributed by atoms with Gasteiger partial charge in [-0.1, -0.05) is 12.1 Å². The van der Waals surface area contributed by atoms with Gasteiger partial charge in [-0.05, 0) is 12.1 Å². The van der Waals surface area contributed by atoms with Crippen molar-refractivity contribution < 1.29 is 18.4 Å². The van der Waals surface area contributed by atoms with Crippen molar-refractivity contribution in [1.82, 2.24) is 9.97 Å². The quantitative estimate of drug-likeness (QED) is 0.572. The van der Waals surface area contributed by atoms with E-state index in [0.717, 1.165) is 0 Å². The van der Waals surface area contributed by atoms with Gasteiger partial charge in [0, 0.05) is 24.5 Å². The Bertz CT molecular complexity index is 456. The number of rotatable bonds is 7. The van der Waals surface area contributed by atoms with E-state index in [1.165, 1.54) is 0 Å². The fourth-order valence-corrected chi connectivity index (χ4v) is 1.96. The Morgan fingerprint density at radius 2 is 1.58 bits per heavy atom. The van der Waals surface area contributed by atoms with Gasteiger partial charge in [0.15, 0.2) is 0 Å². The van der Waals surface area contributed by atoms with Gasteiger partial charge in [-0.15, -0.1) is 0 Å². The second-order valence-corrected chi connectivity index (χ2v) is 4.28. The van der Waals surface area contributed by atoms with Crippen molar-refractivity contribution in [2.45, 2.75) is 0 Å². The summed E-state index contributed by atoms with van der Waals surface area (Å²) in [5.74, 6) is 0.714. The Morgan fingerprint density at radius 3 is 2.00 bits per heavy atom. The van der Waals surface area contributed by atoms with Crippen LogP contribution in [0.4, 0.5) is 0 Å². The molecule has 0 fully saturated rings. The molecule has 0 spiro atoms. The lowest BCUT2D eigenvalue weighted by Gasteiger charge is -2.14. The second kappa shape index (κ2) is 7.41. The van der Waals surface area contributed by atoms with Gasteiger partial charge in [-0.25, -0.2) is 9.97 Å². The molecular formula is C12H11N2O4P. The van der Waals surface area contributed by atoms with Crippen LogP contribution < -0.4 is 9.05 Å². The molecule has 0 aliphatic carbocycles. The molecule has 0 aromatic carbocycles. The summed E-state index contributed by atoms with van der Waals surface area (Å²) in [5.41, 5.74) is 0. The van der Waals surface area contributed by atoms with E-state index in [1.54, 1.807) is 48.8 Å². The van der Waals surface area contributed by atoms with E-state index in [1.807, 2.05) is 0 Å². The van der Waals surface area contributed by atoms with Crippen LogP contribution in [-0.4, -0.2) is 22.9 Å². The summed E-state index contributed by atoms with van der Waals surface area (Å²) in [6.45, 7) is -0.120. The maximum absolute atomic E-state index is 10.4. The predicted molar refractivity (Wildman–Crippen MR) is 68.7 cm³/mol. The molecule has 0 unspecified atom stereocenters. The molecule has 0 bridgehead atoms. The van der Waals surface area contributed by atoms with Crippen molar-refractivity contribution in [3.8, 4) is 11.8 Å². The van der Waals surface area contributed by atoms with Gasteiger partial charge in [0.05, 0.1) is 0 Å². The maximum Gasteiger partial charge on any atom is 0.466 e. The molecule has 7 heteroatoms. The topological polar surface area (TPSA) is 70.5 Å². The van der Waals surface area contributed by atoms with Crippen LogP contribution in [-0.2, 0) is 9.32 Å². The molecule has 0 atom stereocenters. The molecular weight excluding hydrogens is 267 g/mol. The molecule has 98 valence electrons. The molecule has 2 aromatic rings. The van der Waals surface area contributed by atoms with E-state index in [0.29, 0.717) is 18.0 Å². The summed E-state index contributed by atoms with van der Waals surface area (Å²) < 4.78 is 16.0. The highest BCUT2D eigenvalue weighted by Gasteiger charge is 2.18. The summed E-state index contributed by atoms with van der Waals surface area (Å²) in [6, 6.07) is 10.4. The lowest BCUT2D eigenvalue weighted by Crippen LogP contribution is -2.03. The molecule has 0 N–H and O–H groups in total. The second-order valence-electron chi connectivity index (χ2n) is 3.20. The monoisotopic (exact) mass is 278 g/mol. The average molecular weight is 278 g/mol. The zero-order valence-corrected chi connectivity index (χ0v) is 10.8. The van der Waals surface area contributed by atoms with Gasteiger partial charge in [0.25, 0.3) is 0 Å². The molecule has 0 amide bonds. The van der Waals surface area contributed by atoms with Crippen molar-refractivity contribution in [3.05, 3.63) is 48.8 Å². The molecule has 0 aliphatic rings. The van der Waals surface area contributed by atoms with Crippen molar-refractivity contribution in [1.29, 1.82) is 0 Å². The molecule has 2 heterocycles. The minimum atomic E-state index is -1.78. The minimum Gasteiger partial charge on any atom is -0.399 e. The molecule has 0 aliphatic heterocycles. The van der Waals surface area contributed by atoms with Gasteiger partial charge in [0.1, 0.15) is 12.9 Å². The van der Waals surface area contributed by atoms with E-state index in [2.05, 4.69) is 9.97 Å². The first-order chi connectivity index (χ1) is 9.38. The molecule has 6 nitrogen and oxygen atoms in total. The lowest BCUT2D eigenvalue weighted by atomic mass is 10.5. The van der Waals surface area contributed by atoms with Crippen LogP contribution >= 0.6 is 8.60 Å². The minimum absolute atomic E-state index is 0.120. The van der Waals surface area contributed by atoms with Crippen LogP contribution in [0, 0.1) is 0 Å². The molecule has 0 radical (unpaired) electrons. The van der Waals surface area contributed by atoms with E-state index in [9.17, 15) is 4.79 Å². The molecule has 0 saturated heterocycles. The Balaban J connectivity index is 2.01. The smallest absolute Gasteiger partial charge is 0.399 e. The van der Waals surface area contributed by atoms with E-state index < -0.39 is 8.60 Å². The van der Waals surface area contributed by atoms with Crippen LogP contribution in [0.25, 0.3) is 0 Å².